The van der Waals surface area contributed by atoms with Gasteiger partial charge in [0, 0.05) is 13.2 Å². The van der Waals surface area contributed by atoms with Crippen LogP contribution in [0, 0.1) is 0 Å². The quantitative estimate of drug-likeness (QED) is 0.623. The van der Waals surface area contributed by atoms with E-state index in [2.05, 4.69) is 10.1 Å². The summed E-state index contributed by atoms with van der Waals surface area (Å²) >= 11 is 5.83. The number of nitrogens with zero attached hydrogens (tertiary/aromatic N) is 3. The van der Waals surface area contributed by atoms with Crippen molar-refractivity contribution in [3.05, 3.63) is 17.4 Å². The topological polar surface area (TPSA) is 56.7 Å². The molecule has 0 fully saturated rings. The number of halogens is 1. The van der Waals surface area contributed by atoms with Crippen molar-refractivity contribution in [1.29, 1.82) is 0 Å². The molecule has 0 saturated heterocycles. The minimum atomic E-state index is 0.401. The van der Waals surface area contributed by atoms with E-state index in [-0.39, 0.29) is 0 Å². The lowest BCUT2D eigenvalue weighted by molar-refractivity contribution is 0.802. The SMILES string of the molecule is Cn1nc(N)c2c(Cl)nccc21. The summed E-state index contributed by atoms with van der Waals surface area (Å²) in [7, 11) is 1.81. The lowest BCUT2D eigenvalue weighted by Gasteiger charge is -1.93. The predicted molar refractivity (Wildman–Crippen MR) is 47.9 cm³/mol. The molecule has 0 unspecified atom stereocenters. The van der Waals surface area contributed by atoms with Crippen molar-refractivity contribution < 1.29 is 0 Å². The lowest BCUT2D eigenvalue weighted by Crippen LogP contribution is -1.90. The van der Waals surface area contributed by atoms with Crippen LogP contribution in [0.3, 0.4) is 0 Å². The van der Waals surface area contributed by atoms with E-state index in [4.69, 9.17) is 17.3 Å². The summed E-state index contributed by atoms with van der Waals surface area (Å²) in [4.78, 5) is 3.91. The zero-order valence-electron chi connectivity index (χ0n) is 6.45. The Balaban J connectivity index is 2.99. The van der Waals surface area contributed by atoms with Gasteiger partial charge in [0.05, 0.1) is 10.9 Å². The fourth-order valence-corrected chi connectivity index (χ4v) is 1.45. The Bertz CT molecular complexity index is 434. The molecule has 2 heterocycles. The Morgan fingerprint density at radius 3 is 3.00 bits per heavy atom. The van der Waals surface area contributed by atoms with Gasteiger partial charge in [0.15, 0.2) is 5.82 Å². The minimum absolute atomic E-state index is 0.401. The largest absolute Gasteiger partial charge is 0.382 e. The third kappa shape index (κ3) is 0.848. The molecule has 2 rings (SSSR count). The Hall–Kier alpha value is -1.29. The van der Waals surface area contributed by atoms with Crippen molar-refractivity contribution in [1.82, 2.24) is 14.8 Å². The monoisotopic (exact) mass is 182 g/mol. The third-order valence-corrected chi connectivity index (χ3v) is 2.03. The van der Waals surface area contributed by atoms with Gasteiger partial charge in [-0.1, -0.05) is 11.6 Å². The van der Waals surface area contributed by atoms with Crippen LogP contribution < -0.4 is 5.73 Å². The van der Waals surface area contributed by atoms with Gasteiger partial charge in [-0.2, -0.15) is 5.10 Å². The molecule has 0 aliphatic rings. The number of hydrogen-bond donors (Lipinski definition) is 1. The molecule has 0 aliphatic carbocycles. The fourth-order valence-electron chi connectivity index (χ4n) is 1.20. The van der Waals surface area contributed by atoms with Crippen LogP contribution in [0.2, 0.25) is 5.15 Å². The van der Waals surface area contributed by atoms with E-state index >= 15 is 0 Å². The molecular formula is C7H7ClN4. The molecule has 0 amide bonds. The molecule has 62 valence electrons. The number of fused-ring (bicyclic) bond motifs is 1. The summed E-state index contributed by atoms with van der Waals surface area (Å²) in [5, 5.41) is 5.15. The number of anilines is 1. The number of nitrogens with two attached hydrogens (primary N) is 1. The number of rotatable bonds is 0. The molecule has 5 heteroatoms. The second kappa shape index (κ2) is 2.35. The molecule has 0 bridgehead atoms. The summed E-state index contributed by atoms with van der Waals surface area (Å²) in [5.41, 5.74) is 6.52. The molecule has 4 nitrogen and oxygen atoms in total. The highest BCUT2D eigenvalue weighted by molar-refractivity contribution is 6.35. The Kier molecular flexibility index (Phi) is 1.44. The first-order valence-corrected chi connectivity index (χ1v) is 3.80. The van der Waals surface area contributed by atoms with Crippen LogP contribution in [0.1, 0.15) is 0 Å². The van der Waals surface area contributed by atoms with Crippen molar-refractivity contribution in [3.8, 4) is 0 Å². The van der Waals surface area contributed by atoms with Gasteiger partial charge in [-0.05, 0) is 6.07 Å². The first-order valence-electron chi connectivity index (χ1n) is 3.43. The van der Waals surface area contributed by atoms with Gasteiger partial charge in [0.2, 0.25) is 0 Å². The molecule has 2 aromatic rings. The van der Waals surface area contributed by atoms with Gasteiger partial charge < -0.3 is 5.73 Å². The first-order chi connectivity index (χ1) is 5.70. The molecule has 0 radical (unpaired) electrons. The molecular weight excluding hydrogens is 176 g/mol. The predicted octanol–water partition coefficient (Wildman–Crippen LogP) is 1.20. The standard InChI is InChI=1S/C7H7ClN4/c1-12-4-2-3-10-6(8)5(4)7(9)11-12/h2-3H,1H3,(H2,9,11). The number of pyridine rings is 1. The van der Waals surface area contributed by atoms with E-state index in [0.29, 0.717) is 11.0 Å². The number of hydrogen-bond acceptors (Lipinski definition) is 3. The van der Waals surface area contributed by atoms with E-state index in [9.17, 15) is 0 Å². The number of aryl methyl sites for hydroxylation is 1. The van der Waals surface area contributed by atoms with Gasteiger partial charge in [-0.15, -0.1) is 0 Å². The van der Waals surface area contributed by atoms with Crippen LogP contribution in [0.15, 0.2) is 12.3 Å². The average Bonchev–Trinajstić information content (AvgIpc) is 2.29. The highest BCUT2D eigenvalue weighted by atomic mass is 35.5. The van der Waals surface area contributed by atoms with Crippen molar-refractivity contribution >= 4 is 28.3 Å². The Morgan fingerprint density at radius 1 is 1.58 bits per heavy atom. The first kappa shape index (κ1) is 7.36. The average molecular weight is 183 g/mol. The number of nitrogen functional groups attached to an aromatic ring is 1. The summed E-state index contributed by atoms with van der Waals surface area (Å²) in [5.74, 6) is 0.422. The van der Waals surface area contributed by atoms with Gasteiger partial charge in [-0.25, -0.2) is 4.98 Å². The Morgan fingerprint density at radius 2 is 2.33 bits per heavy atom. The smallest absolute Gasteiger partial charge is 0.156 e. The zero-order valence-corrected chi connectivity index (χ0v) is 7.21. The summed E-state index contributed by atoms with van der Waals surface area (Å²) in [6.45, 7) is 0. The van der Waals surface area contributed by atoms with Gasteiger partial charge in [0.1, 0.15) is 5.15 Å². The van der Waals surface area contributed by atoms with E-state index in [1.54, 1.807) is 10.9 Å². The zero-order chi connectivity index (χ0) is 8.72. The highest BCUT2D eigenvalue weighted by Gasteiger charge is 2.08. The van der Waals surface area contributed by atoms with Crippen LogP contribution in [-0.2, 0) is 7.05 Å². The second-order valence-corrected chi connectivity index (χ2v) is 2.86. The fraction of sp³-hybridized carbons (Fsp3) is 0.143. The van der Waals surface area contributed by atoms with Crippen molar-refractivity contribution in [2.45, 2.75) is 0 Å². The summed E-state index contributed by atoms with van der Waals surface area (Å²) < 4.78 is 1.68. The maximum absolute atomic E-state index is 5.83. The van der Waals surface area contributed by atoms with Gasteiger partial charge in [0.25, 0.3) is 0 Å². The lowest BCUT2D eigenvalue weighted by atomic mass is 10.3. The van der Waals surface area contributed by atoms with E-state index in [0.717, 1.165) is 10.9 Å². The van der Waals surface area contributed by atoms with Crippen molar-refractivity contribution in [3.63, 3.8) is 0 Å². The van der Waals surface area contributed by atoms with Crippen LogP contribution in [-0.4, -0.2) is 14.8 Å². The maximum Gasteiger partial charge on any atom is 0.156 e. The van der Waals surface area contributed by atoms with Crippen LogP contribution >= 0.6 is 11.6 Å². The molecule has 0 aliphatic heterocycles. The summed E-state index contributed by atoms with van der Waals surface area (Å²) in [6, 6.07) is 1.82. The highest BCUT2D eigenvalue weighted by Crippen LogP contribution is 2.25. The van der Waals surface area contributed by atoms with Crippen molar-refractivity contribution in [2.75, 3.05) is 5.73 Å². The second-order valence-electron chi connectivity index (χ2n) is 2.50. The molecule has 0 spiro atoms. The molecule has 0 saturated carbocycles. The van der Waals surface area contributed by atoms with Gasteiger partial charge >= 0.3 is 0 Å². The van der Waals surface area contributed by atoms with Crippen LogP contribution in [0.4, 0.5) is 5.82 Å². The van der Waals surface area contributed by atoms with Crippen molar-refractivity contribution in [2.24, 2.45) is 7.05 Å². The van der Waals surface area contributed by atoms with Crippen LogP contribution in [0.5, 0.6) is 0 Å². The molecule has 0 aromatic carbocycles. The third-order valence-electron chi connectivity index (χ3n) is 1.75. The number of aromatic nitrogens is 3. The normalized spacial score (nSPS) is 10.8. The molecule has 2 N–H and O–H groups in total. The summed E-state index contributed by atoms with van der Waals surface area (Å²) in [6.07, 6.45) is 1.63. The van der Waals surface area contributed by atoms with E-state index in [1.807, 2.05) is 13.1 Å². The van der Waals surface area contributed by atoms with E-state index < -0.39 is 0 Å². The Labute approximate surface area is 73.9 Å². The molecule has 0 atom stereocenters. The van der Waals surface area contributed by atoms with E-state index in [1.165, 1.54) is 0 Å². The van der Waals surface area contributed by atoms with Crippen LogP contribution in [0.25, 0.3) is 10.9 Å². The minimum Gasteiger partial charge on any atom is -0.382 e. The maximum atomic E-state index is 5.83. The molecule has 12 heavy (non-hydrogen) atoms. The molecule has 2 aromatic heterocycles. The van der Waals surface area contributed by atoms with Gasteiger partial charge in [-0.3, -0.25) is 4.68 Å².